The largest absolute Gasteiger partial charge is 0.461 e. The fourth-order valence-electron chi connectivity index (χ4n) is 2.73. The number of H-pyrrole nitrogens is 2. The van der Waals surface area contributed by atoms with E-state index in [1.807, 2.05) is 0 Å². The van der Waals surface area contributed by atoms with Crippen LogP contribution in [0.5, 0.6) is 0 Å². The summed E-state index contributed by atoms with van der Waals surface area (Å²) in [5, 5.41) is 1.22. The smallest absolute Gasteiger partial charge is 0.355 e. The topological polar surface area (TPSA) is 101 Å². The maximum atomic E-state index is 12.0. The van der Waals surface area contributed by atoms with E-state index >= 15 is 0 Å². The van der Waals surface area contributed by atoms with Crippen molar-refractivity contribution in [1.82, 2.24) is 9.97 Å². The Morgan fingerprint density at radius 2 is 1.71 bits per heavy atom. The maximum Gasteiger partial charge on any atom is 0.355 e. The van der Waals surface area contributed by atoms with Gasteiger partial charge in [0.15, 0.2) is 6.29 Å². The molecule has 24 heavy (non-hydrogen) atoms. The summed E-state index contributed by atoms with van der Waals surface area (Å²) in [6.45, 7) is 3.89. The molecule has 1 aromatic carbocycles. The van der Waals surface area contributed by atoms with E-state index in [-0.39, 0.29) is 30.2 Å². The number of ether oxygens (including phenoxy) is 2. The third-order valence-electron chi connectivity index (χ3n) is 3.69. The van der Waals surface area contributed by atoms with Crippen molar-refractivity contribution in [1.29, 1.82) is 0 Å². The predicted molar refractivity (Wildman–Crippen MR) is 87.5 cm³/mol. The zero-order valence-corrected chi connectivity index (χ0v) is 13.3. The van der Waals surface area contributed by atoms with Crippen molar-refractivity contribution in [2.75, 3.05) is 13.2 Å². The molecule has 0 aliphatic rings. The highest BCUT2D eigenvalue weighted by Gasteiger charge is 2.21. The molecule has 0 saturated carbocycles. The summed E-state index contributed by atoms with van der Waals surface area (Å²) in [4.78, 5) is 41.4. The van der Waals surface area contributed by atoms with E-state index in [0.29, 0.717) is 28.1 Å². The molecule has 2 heterocycles. The summed E-state index contributed by atoms with van der Waals surface area (Å²) < 4.78 is 9.96. The summed E-state index contributed by atoms with van der Waals surface area (Å²) >= 11 is 0. The van der Waals surface area contributed by atoms with Crippen LogP contribution in [-0.4, -0.2) is 41.4 Å². The zero-order valence-electron chi connectivity index (χ0n) is 13.3. The van der Waals surface area contributed by atoms with Gasteiger partial charge in [0.1, 0.15) is 11.4 Å². The van der Waals surface area contributed by atoms with Crippen LogP contribution in [0.1, 0.15) is 45.2 Å². The summed E-state index contributed by atoms with van der Waals surface area (Å²) in [6.07, 6.45) is 0.613. The molecule has 2 N–H and O–H groups in total. The van der Waals surface area contributed by atoms with Gasteiger partial charge < -0.3 is 19.4 Å². The fourth-order valence-corrected chi connectivity index (χ4v) is 2.73. The molecule has 2 aromatic heterocycles. The highest BCUT2D eigenvalue weighted by molar-refractivity contribution is 6.18. The van der Waals surface area contributed by atoms with Gasteiger partial charge in [-0.3, -0.25) is 4.79 Å². The molecule has 0 fully saturated rings. The molecule has 0 atom stereocenters. The van der Waals surface area contributed by atoms with Crippen molar-refractivity contribution in [3.63, 3.8) is 0 Å². The molecule has 0 radical (unpaired) electrons. The minimum atomic E-state index is -0.592. The Hall–Kier alpha value is -3.09. The monoisotopic (exact) mass is 328 g/mol. The van der Waals surface area contributed by atoms with Crippen LogP contribution in [0.4, 0.5) is 0 Å². The van der Waals surface area contributed by atoms with Gasteiger partial charge in [-0.1, -0.05) is 0 Å². The van der Waals surface area contributed by atoms with Crippen molar-refractivity contribution in [2.24, 2.45) is 0 Å². The number of fused-ring (bicyclic) bond motifs is 3. The standard InChI is InChI=1S/C17H16N2O5/c1-3-23-16(21)13-7-9-11(18-13)5-6-12-14(9)10(8-20)15(19-12)17(22)24-4-2/h5-8,18-19H,3-4H2,1-2H3. The molecule has 0 aliphatic carbocycles. The molecule has 7 nitrogen and oxygen atoms in total. The molecular weight excluding hydrogens is 312 g/mol. The zero-order chi connectivity index (χ0) is 17.3. The van der Waals surface area contributed by atoms with Crippen LogP contribution < -0.4 is 0 Å². The first-order valence-corrected chi connectivity index (χ1v) is 7.57. The van der Waals surface area contributed by atoms with E-state index in [1.54, 1.807) is 32.0 Å². The second-order valence-corrected chi connectivity index (χ2v) is 5.10. The molecule has 124 valence electrons. The molecular formula is C17H16N2O5. The molecule has 0 aliphatic heterocycles. The second kappa shape index (κ2) is 6.19. The van der Waals surface area contributed by atoms with Crippen LogP contribution in [0.2, 0.25) is 0 Å². The minimum absolute atomic E-state index is 0.105. The van der Waals surface area contributed by atoms with E-state index in [9.17, 15) is 14.4 Å². The van der Waals surface area contributed by atoms with Crippen molar-refractivity contribution >= 4 is 40.0 Å². The highest BCUT2D eigenvalue weighted by atomic mass is 16.5. The fraction of sp³-hybridized carbons (Fsp3) is 0.235. The van der Waals surface area contributed by atoms with Crippen LogP contribution in [0, 0.1) is 0 Å². The Kier molecular flexibility index (Phi) is 4.07. The van der Waals surface area contributed by atoms with Gasteiger partial charge in [0.2, 0.25) is 0 Å². The van der Waals surface area contributed by atoms with Crippen molar-refractivity contribution in [3.8, 4) is 0 Å². The SMILES string of the molecule is CCOC(=O)c1cc2c(ccc3[nH]c(C(=O)OCC)c(C=O)c32)[nH]1. The molecule has 7 heteroatoms. The first kappa shape index (κ1) is 15.8. The van der Waals surface area contributed by atoms with E-state index in [0.717, 1.165) is 0 Å². The number of aromatic amines is 2. The summed E-state index contributed by atoms with van der Waals surface area (Å²) in [5.74, 6) is -1.07. The minimum Gasteiger partial charge on any atom is -0.461 e. The Balaban J connectivity index is 2.24. The number of hydrogen-bond donors (Lipinski definition) is 2. The molecule has 0 bridgehead atoms. The second-order valence-electron chi connectivity index (χ2n) is 5.10. The van der Waals surface area contributed by atoms with Crippen LogP contribution in [0.3, 0.4) is 0 Å². The number of aromatic nitrogens is 2. The molecule has 0 amide bonds. The van der Waals surface area contributed by atoms with Crippen LogP contribution in [-0.2, 0) is 9.47 Å². The maximum absolute atomic E-state index is 12.0. The lowest BCUT2D eigenvalue weighted by Gasteiger charge is -1.99. The highest BCUT2D eigenvalue weighted by Crippen LogP contribution is 2.30. The number of nitrogens with one attached hydrogen (secondary N) is 2. The molecule has 0 saturated heterocycles. The lowest BCUT2D eigenvalue weighted by atomic mass is 10.1. The number of carbonyl (C=O) groups excluding carboxylic acids is 3. The van der Waals surface area contributed by atoms with Crippen LogP contribution in [0.15, 0.2) is 18.2 Å². The lowest BCUT2D eigenvalue weighted by molar-refractivity contribution is 0.0510. The van der Waals surface area contributed by atoms with Gasteiger partial charge in [0, 0.05) is 21.8 Å². The third kappa shape index (κ3) is 2.44. The Morgan fingerprint density at radius 1 is 1.04 bits per heavy atom. The Morgan fingerprint density at radius 3 is 2.38 bits per heavy atom. The summed E-state index contributed by atoms with van der Waals surface area (Å²) in [7, 11) is 0. The van der Waals surface area contributed by atoms with E-state index in [4.69, 9.17) is 9.47 Å². The van der Waals surface area contributed by atoms with Crippen molar-refractivity contribution < 1.29 is 23.9 Å². The first-order chi connectivity index (χ1) is 11.6. The number of aldehydes is 1. The van der Waals surface area contributed by atoms with E-state index < -0.39 is 11.9 Å². The van der Waals surface area contributed by atoms with Crippen molar-refractivity contribution in [3.05, 3.63) is 35.2 Å². The molecule has 0 unspecified atom stereocenters. The number of esters is 2. The average Bonchev–Trinajstić information content (AvgIpc) is 3.15. The number of rotatable bonds is 5. The third-order valence-corrected chi connectivity index (χ3v) is 3.69. The van der Waals surface area contributed by atoms with Gasteiger partial charge in [0.25, 0.3) is 0 Å². The van der Waals surface area contributed by atoms with Gasteiger partial charge in [-0.15, -0.1) is 0 Å². The number of hydrogen-bond acceptors (Lipinski definition) is 5. The van der Waals surface area contributed by atoms with Crippen molar-refractivity contribution in [2.45, 2.75) is 13.8 Å². The van der Waals surface area contributed by atoms with Gasteiger partial charge in [-0.05, 0) is 32.0 Å². The Bertz CT molecular complexity index is 951. The summed E-state index contributed by atoms with van der Waals surface area (Å²) in [6, 6.07) is 5.12. The molecule has 3 rings (SSSR count). The van der Waals surface area contributed by atoms with E-state index in [1.165, 1.54) is 0 Å². The van der Waals surface area contributed by atoms with Crippen LogP contribution >= 0.6 is 0 Å². The average molecular weight is 328 g/mol. The van der Waals surface area contributed by atoms with Gasteiger partial charge in [0.05, 0.1) is 18.8 Å². The van der Waals surface area contributed by atoms with Crippen LogP contribution in [0.25, 0.3) is 21.8 Å². The summed E-state index contributed by atoms with van der Waals surface area (Å²) in [5.41, 5.74) is 1.89. The van der Waals surface area contributed by atoms with Gasteiger partial charge in [-0.25, -0.2) is 9.59 Å². The lowest BCUT2D eigenvalue weighted by Crippen LogP contribution is -2.07. The normalized spacial score (nSPS) is 10.9. The quantitative estimate of drug-likeness (QED) is 0.554. The Labute approximate surface area is 136 Å². The van der Waals surface area contributed by atoms with Gasteiger partial charge in [-0.2, -0.15) is 0 Å². The van der Waals surface area contributed by atoms with E-state index in [2.05, 4.69) is 9.97 Å². The first-order valence-electron chi connectivity index (χ1n) is 7.57. The molecule has 0 spiro atoms. The molecule has 3 aromatic rings. The van der Waals surface area contributed by atoms with Gasteiger partial charge >= 0.3 is 11.9 Å². The number of benzene rings is 1. The predicted octanol–water partition coefficient (Wildman–Crippen LogP) is 2.82. The number of carbonyl (C=O) groups is 3.